The molecule has 150 valence electrons. The molecule has 8 heteroatoms. The zero-order valence-corrected chi connectivity index (χ0v) is 17.9. The van der Waals surface area contributed by atoms with Crippen molar-refractivity contribution in [2.75, 3.05) is 37.7 Å². The van der Waals surface area contributed by atoms with Crippen molar-refractivity contribution in [3.05, 3.63) is 46.3 Å². The van der Waals surface area contributed by atoms with Gasteiger partial charge in [0.1, 0.15) is 0 Å². The van der Waals surface area contributed by atoms with Gasteiger partial charge in [-0.25, -0.2) is 8.42 Å². The standard InChI is InChI=1S/C20H23ClN2O3S2/c21-17-3-1-2-15(12-17)19-5-4-18(27-19)13-22-7-9-23(10-8-22)20(24)16-6-11-28(25,26)14-16/h1-5,12,16H,6-11,13-14H2. The summed E-state index contributed by atoms with van der Waals surface area (Å²) in [5, 5.41) is 0.739. The van der Waals surface area contributed by atoms with Gasteiger partial charge in [-0.05, 0) is 36.2 Å². The number of hydrogen-bond acceptors (Lipinski definition) is 5. The van der Waals surface area contributed by atoms with Crippen LogP contribution in [-0.2, 0) is 21.2 Å². The van der Waals surface area contributed by atoms with E-state index in [4.69, 9.17) is 11.6 Å². The highest BCUT2D eigenvalue weighted by Gasteiger charge is 2.36. The maximum absolute atomic E-state index is 12.6. The number of carbonyl (C=O) groups excluding carboxylic acids is 1. The van der Waals surface area contributed by atoms with Gasteiger partial charge in [0, 0.05) is 47.5 Å². The largest absolute Gasteiger partial charge is 0.340 e. The number of benzene rings is 1. The molecule has 2 aromatic rings. The van der Waals surface area contributed by atoms with Gasteiger partial charge >= 0.3 is 0 Å². The maximum atomic E-state index is 12.6. The zero-order chi connectivity index (χ0) is 19.7. The van der Waals surface area contributed by atoms with Crippen molar-refractivity contribution in [1.82, 2.24) is 9.80 Å². The van der Waals surface area contributed by atoms with Crippen LogP contribution in [0.1, 0.15) is 11.3 Å². The molecular weight excluding hydrogens is 416 g/mol. The summed E-state index contributed by atoms with van der Waals surface area (Å²) in [4.78, 5) is 19.3. The van der Waals surface area contributed by atoms with Gasteiger partial charge < -0.3 is 4.90 Å². The van der Waals surface area contributed by atoms with E-state index in [-0.39, 0.29) is 23.3 Å². The van der Waals surface area contributed by atoms with Gasteiger partial charge in [0.2, 0.25) is 5.91 Å². The lowest BCUT2D eigenvalue weighted by Gasteiger charge is -2.35. The molecule has 2 aliphatic rings. The van der Waals surface area contributed by atoms with Gasteiger partial charge in [-0.2, -0.15) is 0 Å². The summed E-state index contributed by atoms with van der Waals surface area (Å²) in [5.74, 6) is -0.154. The number of sulfone groups is 1. The number of nitrogens with zero attached hydrogens (tertiary/aromatic N) is 2. The monoisotopic (exact) mass is 438 g/mol. The number of amides is 1. The van der Waals surface area contributed by atoms with Gasteiger partial charge in [0.25, 0.3) is 0 Å². The van der Waals surface area contributed by atoms with E-state index in [0.29, 0.717) is 19.5 Å². The fourth-order valence-electron chi connectivity index (χ4n) is 3.85. The Bertz CT molecular complexity index is 965. The third-order valence-corrected chi connectivity index (χ3v) is 8.54. The van der Waals surface area contributed by atoms with Crippen molar-refractivity contribution >= 4 is 38.7 Å². The molecule has 5 nitrogen and oxygen atoms in total. The van der Waals surface area contributed by atoms with Crippen molar-refractivity contribution in [1.29, 1.82) is 0 Å². The summed E-state index contributed by atoms with van der Waals surface area (Å²) in [5.41, 5.74) is 1.13. The first kappa shape index (κ1) is 19.9. The van der Waals surface area contributed by atoms with Gasteiger partial charge in [-0.15, -0.1) is 11.3 Å². The molecule has 2 saturated heterocycles. The quantitative estimate of drug-likeness (QED) is 0.735. The molecule has 0 aliphatic carbocycles. The minimum Gasteiger partial charge on any atom is -0.340 e. The summed E-state index contributed by atoms with van der Waals surface area (Å²) in [7, 11) is -3.02. The van der Waals surface area contributed by atoms with Crippen molar-refractivity contribution in [3.8, 4) is 10.4 Å². The lowest BCUT2D eigenvalue weighted by atomic mass is 10.1. The van der Waals surface area contributed by atoms with E-state index >= 15 is 0 Å². The SMILES string of the molecule is O=C(C1CCS(=O)(=O)C1)N1CCN(Cc2ccc(-c3cccc(Cl)c3)s2)CC1. The van der Waals surface area contributed by atoms with Gasteiger partial charge in [-0.1, -0.05) is 23.7 Å². The maximum Gasteiger partial charge on any atom is 0.226 e. The summed E-state index contributed by atoms with van der Waals surface area (Å²) in [6, 6.07) is 12.2. The molecule has 28 heavy (non-hydrogen) atoms. The molecule has 0 N–H and O–H groups in total. The second-order valence-electron chi connectivity index (χ2n) is 7.48. The fraction of sp³-hybridized carbons (Fsp3) is 0.450. The van der Waals surface area contributed by atoms with Crippen molar-refractivity contribution < 1.29 is 13.2 Å². The smallest absolute Gasteiger partial charge is 0.226 e. The number of halogens is 1. The normalized spacial score (nSPS) is 22.5. The predicted molar refractivity (Wildman–Crippen MR) is 113 cm³/mol. The molecule has 0 saturated carbocycles. The predicted octanol–water partition coefficient (Wildman–Crippen LogP) is 3.15. The summed E-state index contributed by atoms with van der Waals surface area (Å²) in [6.07, 6.45) is 0.475. The molecule has 2 aliphatic heterocycles. The van der Waals surface area contributed by atoms with E-state index in [0.717, 1.165) is 30.2 Å². The minimum absolute atomic E-state index is 0.0140. The number of hydrogen-bond donors (Lipinski definition) is 0. The second kappa shape index (κ2) is 8.14. The van der Waals surface area contributed by atoms with E-state index in [1.807, 2.05) is 23.1 Å². The van der Waals surface area contributed by atoms with Crippen LogP contribution in [0.3, 0.4) is 0 Å². The number of thiophene rings is 1. The van der Waals surface area contributed by atoms with Gasteiger partial charge in [0.15, 0.2) is 9.84 Å². The minimum atomic E-state index is -3.02. The highest BCUT2D eigenvalue weighted by atomic mass is 35.5. The summed E-state index contributed by atoms with van der Waals surface area (Å²) < 4.78 is 23.2. The van der Waals surface area contributed by atoms with Crippen LogP contribution in [0, 0.1) is 5.92 Å². The molecule has 0 radical (unpaired) electrons. The molecule has 1 atom stereocenters. The topological polar surface area (TPSA) is 57.7 Å². The highest BCUT2D eigenvalue weighted by molar-refractivity contribution is 7.91. The Morgan fingerprint density at radius 2 is 1.93 bits per heavy atom. The van der Waals surface area contributed by atoms with Gasteiger partial charge in [0.05, 0.1) is 17.4 Å². The third kappa shape index (κ3) is 4.59. The Morgan fingerprint density at radius 3 is 2.61 bits per heavy atom. The average molecular weight is 439 g/mol. The molecule has 1 aromatic heterocycles. The first-order valence-corrected chi connectivity index (χ1v) is 12.5. The lowest BCUT2D eigenvalue weighted by Crippen LogP contribution is -2.50. The summed E-state index contributed by atoms with van der Waals surface area (Å²) >= 11 is 7.86. The zero-order valence-electron chi connectivity index (χ0n) is 15.5. The number of rotatable bonds is 4. The van der Waals surface area contributed by atoms with Crippen LogP contribution in [0.5, 0.6) is 0 Å². The Balaban J connectivity index is 1.31. The molecule has 4 rings (SSSR count). The Hall–Kier alpha value is -1.41. The molecule has 1 unspecified atom stereocenters. The molecule has 3 heterocycles. The van der Waals surface area contributed by atoms with Crippen LogP contribution >= 0.6 is 22.9 Å². The Kier molecular flexibility index (Phi) is 5.78. The van der Waals surface area contributed by atoms with Crippen molar-refractivity contribution in [2.24, 2.45) is 5.92 Å². The van der Waals surface area contributed by atoms with Crippen LogP contribution < -0.4 is 0 Å². The van der Waals surface area contributed by atoms with Crippen LogP contribution in [-0.4, -0.2) is 61.8 Å². The Morgan fingerprint density at radius 1 is 1.14 bits per heavy atom. The number of carbonyl (C=O) groups is 1. The highest BCUT2D eigenvalue weighted by Crippen LogP contribution is 2.30. The van der Waals surface area contributed by atoms with Crippen molar-refractivity contribution in [2.45, 2.75) is 13.0 Å². The van der Waals surface area contributed by atoms with E-state index in [9.17, 15) is 13.2 Å². The average Bonchev–Trinajstić information content (AvgIpc) is 3.28. The molecule has 1 aromatic carbocycles. The van der Waals surface area contributed by atoms with Crippen LogP contribution in [0.25, 0.3) is 10.4 Å². The molecular formula is C20H23ClN2O3S2. The second-order valence-corrected chi connectivity index (χ2v) is 11.3. The molecule has 2 fully saturated rings. The van der Waals surface area contributed by atoms with E-state index in [2.05, 4.69) is 23.1 Å². The van der Waals surface area contributed by atoms with E-state index in [1.165, 1.54) is 9.75 Å². The lowest BCUT2D eigenvalue weighted by molar-refractivity contribution is -0.136. The Labute approximate surface area is 174 Å². The van der Waals surface area contributed by atoms with Crippen molar-refractivity contribution in [3.63, 3.8) is 0 Å². The molecule has 0 bridgehead atoms. The first-order valence-electron chi connectivity index (χ1n) is 9.46. The van der Waals surface area contributed by atoms with E-state index < -0.39 is 9.84 Å². The molecule has 1 amide bonds. The van der Waals surface area contributed by atoms with Crippen LogP contribution in [0.2, 0.25) is 5.02 Å². The number of piperazine rings is 1. The van der Waals surface area contributed by atoms with Crippen LogP contribution in [0.15, 0.2) is 36.4 Å². The van der Waals surface area contributed by atoms with Gasteiger partial charge in [-0.3, -0.25) is 9.69 Å². The fourth-order valence-corrected chi connectivity index (χ4v) is 6.82. The van der Waals surface area contributed by atoms with Crippen LogP contribution in [0.4, 0.5) is 0 Å². The molecule has 0 spiro atoms. The summed E-state index contributed by atoms with van der Waals surface area (Å²) in [6.45, 7) is 3.83. The third-order valence-electron chi connectivity index (χ3n) is 5.42. The van der Waals surface area contributed by atoms with E-state index in [1.54, 1.807) is 11.3 Å². The first-order chi connectivity index (χ1) is 13.4.